The van der Waals surface area contributed by atoms with Gasteiger partial charge in [0.05, 0.1) is 12.1 Å². The van der Waals surface area contributed by atoms with Crippen molar-refractivity contribution in [2.45, 2.75) is 26.7 Å². The predicted molar refractivity (Wildman–Crippen MR) is 103 cm³/mol. The first kappa shape index (κ1) is 18.9. The molecule has 1 aromatic carbocycles. The monoisotopic (exact) mass is 371 g/mol. The van der Waals surface area contributed by atoms with Gasteiger partial charge < -0.3 is 19.5 Å². The van der Waals surface area contributed by atoms with E-state index in [1.165, 1.54) is 0 Å². The van der Waals surface area contributed by atoms with Crippen LogP contribution in [0.5, 0.6) is 0 Å². The van der Waals surface area contributed by atoms with Gasteiger partial charge in [-0.3, -0.25) is 9.59 Å². The van der Waals surface area contributed by atoms with Crippen LogP contribution in [0.25, 0.3) is 10.9 Å². The zero-order chi connectivity index (χ0) is 19.4. The minimum absolute atomic E-state index is 0.00208. The number of aromatic nitrogens is 1. The van der Waals surface area contributed by atoms with Crippen LogP contribution in [0.2, 0.25) is 0 Å². The fourth-order valence-electron chi connectivity index (χ4n) is 3.37. The standard InChI is InChI=1S/C20H25N3O4/c1-3-27-20(26)23-11-9-22(10-12-23)17(24)8-7-16-13-15-6-4-5-14(2)18(15)21-19(16)25/h4-6,13H,3,7-12H2,1-2H3,(H,21,25). The first-order chi connectivity index (χ1) is 13.0. The number of rotatable bonds is 4. The van der Waals surface area contributed by atoms with Crippen LogP contribution in [-0.4, -0.2) is 59.6 Å². The van der Waals surface area contributed by atoms with E-state index >= 15 is 0 Å². The number of fused-ring (bicyclic) bond motifs is 1. The average molecular weight is 371 g/mol. The highest BCUT2D eigenvalue weighted by atomic mass is 16.6. The zero-order valence-electron chi connectivity index (χ0n) is 15.8. The van der Waals surface area contributed by atoms with Gasteiger partial charge in [-0.1, -0.05) is 18.2 Å². The molecule has 1 saturated heterocycles. The van der Waals surface area contributed by atoms with E-state index in [0.29, 0.717) is 44.8 Å². The van der Waals surface area contributed by atoms with Gasteiger partial charge in [0.1, 0.15) is 0 Å². The number of ether oxygens (including phenoxy) is 1. The van der Waals surface area contributed by atoms with E-state index in [0.717, 1.165) is 16.5 Å². The molecule has 0 aliphatic carbocycles. The minimum atomic E-state index is -0.331. The van der Waals surface area contributed by atoms with Gasteiger partial charge in [-0.15, -0.1) is 0 Å². The number of hydrogen-bond acceptors (Lipinski definition) is 4. The van der Waals surface area contributed by atoms with Crippen LogP contribution < -0.4 is 5.56 Å². The van der Waals surface area contributed by atoms with Crippen molar-refractivity contribution in [3.8, 4) is 0 Å². The molecule has 144 valence electrons. The SMILES string of the molecule is CCOC(=O)N1CCN(C(=O)CCc2cc3cccc(C)c3[nH]c2=O)CC1. The summed E-state index contributed by atoms with van der Waals surface area (Å²) in [6.07, 6.45) is 0.346. The molecule has 1 fully saturated rings. The summed E-state index contributed by atoms with van der Waals surface area (Å²) in [7, 11) is 0. The Labute approximate surface area is 157 Å². The van der Waals surface area contributed by atoms with Gasteiger partial charge in [0.15, 0.2) is 0 Å². The number of nitrogens with zero attached hydrogens (tertiary/aromatic N) is 2. The molecule has 2 amide bonds. The Morgan fingerprint density at radius 2 is 1.85 bits per heavy atom. The fraction of sp³-hybridized carbons (Fsp3) is 0.450. The lowest BCUT2D eigenvalue weighted by atomic mass is 10.1. The van der Waals surface area contributed by atoms with Crippen LogP contribution in [0.15, 0.2) is 29.1 Å². The molecule has 2 aromatic rings. The number of nitrogens with one attached hydrogen (secondary N) is 1. The maximum Gasteiger partial charge on any atom is 0.409 e. The van der Waals surface area contributed by atoms with Gasteiger partial charge >= 0.3 is 6.09 Å². The van der Waals surface area contributed by atoms with E-state index < -0.39 is 0 Å². The number of pyridine rings is 1. The van der Waals surface area contributed by atoms with Crippen molar-refractivity contribution in [3.63, 3.8) is 0 Å². The average Bonchev–Trinajstić information content (AvgIpc) is 2.67. The van der Waals surface area contributed by atoms with Crippen molar-refractivity contribution in [3.05, 3.63) is 45.7 Å². The van der Waals surface area contributed by atoms with E-state index in [-0.39, 0.29) is 24.0 Å². The second kappa shape index (κ2) is 8.24. The molecule has 0 unspecified atom stereocenters. The number of aryl methyl sites for hydroxylation is 2. The number of para-hydroxylation sites is 1. The normalized spacial score (nSPS) is 14.4. The van der Waals surface area contributed by atoms with Gasteiger partial charge in [-0.25, -0.2) is 4.79 Å². The van der Waals surface area contributed by atoms with Crippen molar-refractivity contribution in [2.75, 3.05) is 32.8 Å². The zero-order valence-corrected chi connectivity index (χ0v) is 15.8. The van der Waals surface area contributed by atoms with Crippen molar-refractivity contribution in [1.82, 2.24) is 14.8 Å². The second-order valence-electron chi connectivity index (χ2n) is 6.73. The van der Waals surface area contributed by atoms with Crippen molar-refractivity contribution in [1.29, 1.82) is 0 Å². The molecular weight excluding hydrogens is 346 g/mol. The number of H-pyrrole nitrogens is 1. The first-order valence-electron chi connectivity index (χ1n) is 9.30. The van der Waals surface area contributed by atoms with E-state index in [4.69, 9.17) is 4.74 Å². The first-order valence-corrected chi connectivity index (χ1v) is 9.30. The lowest BCUT2D eigenvalue weighted by Gasteiger charge is -2.34. The maximum atomic E-state index is 12.5. The van der Waals surface area contributed by atoms with Crippen molar-refractivity contribution in [2.24, 2.45) is 0 Å². The number of hydrogen-bond donors (Lipinski definition) is 1. The molecule has 0 spiro atoms. The summed E-state index contributed by atoms with van der Waals surface area (Å²) >= 11 is 0. The number of carbonyl (C=O) groups is 2. The Hall–Kier alpha value is -2.83. The van der Waals surface area contributed by atoms with Gasteiger partial charge in [0.25, 0.3) is 5.56 Å². The number of amides is 2. The van der Waals surface area contributed by atoms with Crippen LogP contribution in [-0.2, 0) is 16.0 Å². The summed E-state index contributed by atoms with van der Waals surface area (Å²) in [4.78, 5) is 42.8. The molecule has 7 nitrogen and oxygen atoms in total. The molecule has 1 aliphatic rings. The van der Waals surface area contributed by atoms with Gasteiger partial charge in [0.2, 0.25) is 5.91 Å². The Bertz CT molecular complexity index is 898. The molecule has 1 N–H and O–H groups in total. The van der Waals surface area contributed by atoms with Gasteiger partial charge in [-0.2, -0.15) is 0 Å². The Kier molecular flexibility index (Phi) is 5.78. The van der Waals surface area contributed by atoms with Crippen LogP contribution in [0.4, 0.5) is 4.79 Å². The highest BCUT2D eigenvalue weighted by molar-refractivity contribution is 5.82. The molecule has 1 aliphatic heterocycles. The Balaban J connectivity index is 1.58. The molecule has 0 radical (unpaired) electrons. The quantitative estimate of drug-likeness (QED) is 0.892. The molecular formula is C20H25N3O4. The van der Waals surface area contributed by atoms with E-state index in [1.807, 2.05) is 31.2 Å². The summed E-state index contributed by atoms with van der Waals surface area (Å²) in [5.41, 5.74) is 2.34. The molecule has 0 saturated carbocycles. The topological polar surface area (TPSA) is 82.7 Å². The summed E-state index contributed by atoms with van der Waals surface area (Å²) in [6, 6.07) is 7.73. The van der Waals surface area contributed by atoms with Crippen LogP contribution in [0.3, 0.4) is 0 Å². The summed E-state index contributed by atoms with van der Waals surface area (Å²) < 4.78 is 4.98. The largest absolute Gasteiger partial charge is 0.450 e. The van der Waals surface area contributed by atoms with Crippen molar-refractivity contribution < 1.29 is 14.3 Å². The molecule has 1 aromatic heterocycles. The van der Waals surface area contributed by atoms with Crippen LogP contribution in [0, 0.1) is 6.92 Å². The maximum absolute atomic E-state index is 12.5. The molecule has 27 heavy (non-hydrogen) atoms. The van der Waals surface area contributed by atoms with Crippen LogP contribution >= 0.6 is 0 Å². The predicted octanol–water partition coefficient (Wildman–Crippen LogP) is 2.07. The highest BCUT2D eigenvalue weighted by Crippen LogP contribution is 2.16. The number of benzene rings is 1. The summed E-state index contributed by atoms with van der Waals surface area (Å²) in [5.74, 6) is 0.00208. The summed E-state index contributed by atoms with van der Waals surface area (Å²) in [5, 5.41) is 0.972. The number of carbonyl (C=O) groups excluding carboxylic acids is 2. The Morgan fingerprint density at radius 3 is 2.56 bits per heavy atom. The third kappa shape index (κ3) is 4.30. The molecule has 0 bridgehead atoms. The highest BCUT2D eigenvalue weighted by Gasteiger charge is 2.24. The van der Waals surface area contributed by atoms with Gasteiger partial charge in [0, 0.05) is 38.2 Å². The second-order valence-corrected chi connectivity index (χ2v) is 6.73. The molecule has 7 heteroatoms. The third-order valence-electron chi connectivity index (χ3n) is 4.93. The van der Waals surface area contributed by atoms with E-state index in [9.17, 15) is 14.4 Å². The molecule has 2 heterocycles. The van der Waals surface area contributed by atoms with Crippen LogP contribution in [0.1, 0.15) is 24.5 Å². The van der Waals surface area contributed by atoms with E-state index in [2.05, 4.69) is 4.98 Å². The van der Waals surface area contributed by atoms with E-state index in [1.54, 1.807) is 16.7 Å². The lowest BCUT2D eigenvalue weighted by molar-refractivity contribution is -0.132. The lowest BCUT2D eigenvalue weighted by Crippen LogP contribution is -2.50. The van der Waals surface area contributed by atoms with Crippen molar-refractivity contribution >= 4 is 22.9 Å². The smallest absolute Gasteiger partial charge is 0.409 e. The summed E-state index contributed by atoms with van der Waals surface area (Å²) in [6.45, 7) is 6.00. The number of piperazine rings is 1. The fourth-order valence-corrected chi connectivity index (χ4v) is 3.37. The Morgan fingerprint density at radius 1 is 1.15 bits per heavy atom. The van der Waals surface area contributed by atoms with Gasteiger partial charge in [-0.05, 0) is 37.3 Å². The minimum Gasteiger partial charge on any atom is -0.450 e. The molecule has 0 atom stereocenters. The third-order valence-corrected chi connectivity index (χ3v) is 4.93. The molecule has 3 rings (SSSR count). The number of aromatic amines is 1.